The highest BCUT2D eigenvalue weighted by Gasteiger charge is 2.29. The van der Waals surface area contributed by atoms with Crippen molar-refractivity contribution < 1.29 is 14.6 Å². The molecule has 1 aromatic heterocycles. The summed E-state index contributed by atoms with van der Waals surface area (Å²) in [5, 5.41) is 10.8. The average Bonchev–Trinajstić information content (AvgIpc) is 3.22. The van der Waals surface area contributed by atoms with E-state index in [2.05, 4.69) is 22.8 Å². The van der Waals surface area contributed by atoms with Gasteiger partial charge in [-0.25, -0.2) is 0 Å². The summed E-state index contributed by atoms with van der Waals surface area (Å²) in [6.45, 7) is 5.69. The van der Waals surface area contributed by atoms with Gasteiger partial charge in [-0.1, -0.05) is 11.8 Å². The van der Waals surface area contributed by atoms with E-state index in [1.807, 2.05) is 10.3 Å². The largest absolute Gasteiger partial charge is 0.384 e. The Bertz CT molecular complexity index is 613. The third kappa shape index (κ3) is 4.58. The Kier molecular flexibility index (Phi) is 6.27. The van der Waals surface area contributed by atoms with Gasteiger partial charge >= 0.3 is 0 Å². The quantitative estimate of drug-likeness (QED) is 0.833. The maximum Gasteiger partial charge on any atom is 0.228 e. The van der Waals surface area contributed by atoms with Crippen molar-refractivity contribution in [1.29, 1.82) is 0 Å². The Labute approximate surface area is 147 Å². The highest BCUT2D eigenvalue weighted by Crippen LogP contribution is 2.19. The summed E-state index contributed by atoms with van der Waals surface area (Å²) in [7, 11) is 0. The van der Waals surface area contributed by atoms with E-state index in [1.165, 1.54) is 4.88 Å². The summed E-state index contributed by atoms with van der Waals surface area (Å²) in [5.74, 6) is 5.97. The summed E-state index contributed by atoms with van der Waals surface area (Å²) in [6, 6.07) is 2.09. The lowest BCUT2D eigenvalue weighted by molar-refractivity contribution is -0.135. The molecule has 0 bridgehead atoms. The molecule has 0 aromatic carbocycles. The Morgan fingerprint density at radius 1 is 1.38 bits per heavy atom. The minimum absolute atomic E-state index is 0.0708. The molecule has 3 rings (SSSR count). The van der Waals surface area contributed by atoms with Gasteiger partial charge in [-0.15, -0.1) is 11.3 Å². The molecule has 1 aromatic rings. The van der Waals surface area contributed by atoms with Gasteiger partial charge in [-0.2, -0.15) is 0 Å². The monoisotopic (exact) mass is 348 g/mol. The third-order valence-electron chi connectivity index (χ3n) is 4.52. The standard InChI is InChI=1S/C18H24N2O3S/c21-9-1-3-15-11-17(24-14-15)12-19-5-2-6-20(8-7-19)18(22)16-4-10-23-13-16/h11,14,16,21H,2,4-10,12-13H2. The Morgan fingerprint density at radius 2 is 2.29 bits per heavy atom. The predicted molar refractivity (Wildman–Crippen MR) is 93.7 cm³/mol. The van der Waals surface area contributed by atoms with Crippen LogP contribution in [0, 0.1) is 17.8 Å². The van der Waals surface area contributed by atoms with Crippen LogP contribution >= 0.6 is 11.3 Å². The number of hydrogen-bond donors (Lipinski definition) is 1. The van der Waals surface area contributed by atoms with Crippen LogP contribution in [0.3, 0.4) is 0 Å². The number of aliphatic hydroxyl groups is 1. The van der Waals surface area contributed by atoms with Crippen LogP contribution in [-0.2, 0) is 16.1 Å². The molecule has 3 heterocycles. The minimum Gasteiger partial charge on any atom is -0.384 e. The maximum atomic E-state index is 12.5. The van der Waals surface area contributed by atoms with Crippen LogP contribution in [0.5, 0.6) is 0 Å². The molecule has 24 heavy (non-hydrogen) atoms. The van der Waals surface area contributed by atoms with Crippen LogP contribution in [0.15, 0.2) is 11.4 Å². The van der Waals surface area contributed by atoms with Crippen LogP contribution in [0.25, 0.3) is 0 Å². The van der Waals surface area contributed by atoms with E-state index >= 15 is 0 Å². The summed E-state index contributed by atoms with van der Waals surface area (Å²) in [5.41, 5.74) is 0.969. The smallest absolute Gasteiger partial charge is 0.228 e. The Hall–Kier alpha value is -1.39. The average molecular weight is 348 g/mol. The zero-order valence-corrected chi connectivity index (χ0v) is 14.7. The summed E-state index contributed by atoms with van der Waals surface area (Å²) < 4.78 is 5.35. The van der Waals surface area contributed by atoms with Gasteiger partial charge in [0, 0.05) is 55.2 Å². The first-order valence-corrected chi connectivity index (χ1v) is 9.40. The van der Waals surface area contributed by atoms with Crippen molar-refractivity contribution in [2.24, 2.45) is 5.92 Å². The third-order valence-corrected chi connectivity index (χ3v) is 5.45. The molecule has 2 fully saturated rings. The van der Waals surface area contributed by atoms with Crippen molar-refractivity contribution in [2.45, 2.75) is 19.4 Å². The number of ether oxygens (including phenoxy) is 1. The zero-order valence-electron chi connectivity index (χ0n) is 13.9. The molecular weight excluding hydrogens is 324 g/mol. The normalized spacial score (nSPS) is 22.0. The molecule has 2 aliphatic heterocycles. The molecule has 1 atom stereocenters. The first-order valence-electron chi connectivity index (χ1n) is 8.52. The highest BCUT2D eigenvalue weighted by atomic mass is 32.1. The summed E-state index contributed by atoms with van der Waals surface area (Å²) >= 11 is 1.71. The van der Waals surface area contributed by atoms with Gasteiger partial charge in [-0.05, 0) is 18.9 Å². The SMILES string of the molecule is O=C(C1CCOC1)N1CCCN(Cc2cc(C#CCO)cs2)CC1. The van der Waals surface area contributed by atoms with E-state index in [0.717, 1.165) is 57.7 Å². The lowest BCUT2D eigenvalue weighted by Crippen LogP contribution is -2.39. The maximum absolute atomic E-state index is 12.5. The fourth-order valence-electron chi connectivity index (χ4n) is 3.23. The topological polar surface area (TPSA) is 53.0 Å². The van der Waals surface area contributed by atoms with Crippen LogP contribution in [0.4, 0.5) is 0 Å². The highest BCUT2D eigenvalue weighted by molar-refractivity contribution is 7.10. The van der Waals surface area contributed by atoms with Crippen LogP contribution in [0.2, 0.25) is 0 Å². The van der Waals surface area contributed by atoms with Gasteiger partial charge < -0.3 is 14.7 Å². The number of carbonyl (C=O) groups excluding carboxylic acids is 1. The molecule has 2 aliphatic rings. The Balaban J connectivity index is 1.51. The van der Waals surface area contributed by atoms with E-state index in [4.69, 9.17) is 9.84 Å². The second-order valence-electron chi connectivity index (χ2n) is 6.28. The fraction of sp³-hybridized carbons (Fsp3) is 0.611. The second kappa shape index (κ2) is 8.63. The van der Waals surface area contributed by atoms with Gasteiger partial charge in [-0.3, -0.25) is 9.69 Å². The summed E-state index contributed by atoms with van der Waals surface area (Å²) in [6.07, 6.45) is 1.88. The van der Waals surface area contributed by atoms with Crippen molar-refractivity contribution in [3.8, 4) is 11.8 Å². The molecule has 6 heteroatoms. The Morgan fingerprint density at radius 3 is 3.08 bits per heavy atom. The van der Waals surface area contributed by atoms with E-state index in [-0.39, 0.29) is 18.4 Å². The number of thiophene rings is 1. The minimum atomic E-state index is -0.104. The number of nitrogens with zero attached hydrogens (tertiary/aromatic N) is 2. The van der Waals surface area contributed by atoms with E-state index in [1.54, 1.807) is 11.3 Å². The van der Waals surface area contributed by atoms with Crippen LogP contribution in [0.1, 0.15) is 23.3 Å². The van der Waals surface area contributed by atoms with Crippen molar-refractivity contribution in [3.63, 3.8) is 0 Å². The van der Waals surface area contributed by atoms with Crippen molar-refractivity contribution >= 4 is 17.2 Å². The summed E-state index contributed by atoms with van der Waals surface area (Å²) in [4.78, 5) is 18.2. The van der Waals surface area contributed by atoms with Crippen LogP contribution in [-0.4, -0.2) is 66.8 Å². The van der Waals surface area contributed by atoms with E-state index in [9.17, 15) is 4.79 Å². The second-order valence-corrected chi connectivity index (χ2v) is 7.27. The van der Waals surface area contributed by atoms with Crippen molar-refractivity contribution in [1.82, 2.24) is 9.80 Å². The molecule has 5 nitrogen and oxygen atoms in total. The molecule has 1 unspecified atom stereocenters. The number of amides is 1. The fourth-order valence-corrected chi connectivity index (χ4v) is 4.09. The van der Waals surface area contributed by atoms with Crippen molar-refractivity contribution in [2.75, 3.05) is 46.0 Å². The van der Waals surface area contributed by atoms with E-state index in [0.29, 0.717) is 6.61 Å². The zero-order chi connectivity index (χ0) is 16.8. The molecule has 0 radical (unpaired) electrons. The number of carbonyl (C=O) groups is 1. The number of hydrogen-bond acceptors (Lipinski definition) is 5. The van der Waals surface area contributed by atoms with Gasteiger partial charge in [0.1, 0.15) is 6.61 Å². The van der Waals surface area contributed by atoms with Gasteiger partial charge in [0.2, 0.25) is 5.91 Å². The van der Waals surface area contributed by atoms with Gasteiger partial charge in [0.05, 0.1) is 12.5 Å². The lowest BCUT2D eigenvalue weighted by Gasteiger charge is -2.23. The predicted octanol–water partition coefficient (Wildman–Crippen LogP) is 1.16. The van der Waals surface area contributed by atoms with Crippen LogP contribution < -0.4 is 0 Å². The first kappa shape index (κ1) is 17.4. The van der Waals surface area contributed by atoms with Gasteiger partial charge in [0.15, 0.2) is 0 Å². The van der Waals surface area contributed by atoms with Gasteiger partial charge in [0.25, 0.3) is 0 Å². The molecular formula is C18H24N2O3S. The molecule has 0 saturated carbocycles. The molecule has 2 saturated heterocycles. The molecule has 0 aliphatic carbocycles. The molecule has 1 N–H and O–H groups in total. The molecule has 0 spiro atoms. The molecule has 1 amide bonds. The number of rotatable bonds is 3. The first-order chi connectivity index (χ1) is 11.8. The number of aliphatic hydroxyl groups excluding tert-OH is 1. The van der Waals surface area contributed by atoms with Crippen molar-refractivity contribution in [3.05, 3.63) is 21.9 Å². The molecule has 130 valence electrons. The van der Waals surface area contributed by atoms with E-state index < -0.39 is 0 Å². The lowest BCUT2D eigenvalue weighted by atomic mass is 10.1.